The highest BCUT2D eigenvalue weighted by molar-refractivity contribution is 7.89. The molecule has 9 heteroatoms. The van der Waals surface area contributed by atoms with Crippen LogP contribution in [-0.2, 0) is 10.0 Å². The zero-order chi connectivity index (χ0) is 17.4. The van der Waals surface area contributed by atoms with Crippen LogP contribution in [-0.4, -0.2) is 39.6 Å². The van der Waals surface area contributed by atoms with Crippen LogP contribution in [0.15, 0.2) is 45.8 Å². The summed E-state index contributed by atoms with van der Waals surface area (Å²) >= 11 is 0. The normalized spacial score (nSPS) is 18.7. The van der Waals surface area contributed by atoms with E-state index in [1.807, 2.05) is 13.0 Å². The fourth-order valence-corrected chi connectivity index (χ4v) is 4.68. The minimum absolute atomic E-state index is 0.268. The monoisotopic (exact) mass is 359 g/mol. The largest absolute Gasteiger partial charge is 0.337 e. The first-order chi connectivity index (χ1) is 12.1. The summed E-state index contributed by atoms with van der Waals surface area (Å²) in [6.07, 6.45) is 1.39. The zero-order valence-electron chi connectivity index (χ0n) is 13.6. The van der Waals surface area contributed by atoms with Crippen molar-refractivity contribution in [2.75, 3.05) is 6.54 Å². The van der Waals surface area contributed by atoms with Crippen molar-refractivity contribution in [2.45, 2.75) is 30.7 Å². The van der Waals surface area contributed by atoms with Crippen molar-refractivity contribution in [2.24, 2.45) is 0 Å². The predicted octanol–water partition coefficient (Wildman–Crippen LogP) is 2.29. The van der Waals surface area contributed by atoms with Gasteiger partial charge in [-0.1, -0.05) is 23.4 Å². The molecule has 25 heavy (non-hydrogen) atoms. The molecule has 3 aromatic rings. The fourth-order valence-electron chi connectivity index (χ4n) is 3.01. The summed E-state index contributed by atoms with van der Waals surface area (Å²) in [6.45, 7) is 2.31. The maximum atomic E-state index is 12.9. The van der Waals surface area contributed by atoms with Crippen LogP contribution in [0.3, 0.4) is 0 Å². The second-order valence-corrected chi connectivity index (χ2v) is 7.87. The molecule has 0 spiro atoms. The van der Waals surface area contributed by atoms with E-state index in [1.165, 1.54) is 4.31 Å². The molecule has 1 fully saturated rings. The fraction of sp³-hybridized carbons (Fsp3) is 0.312. The molecule has 3 heterocycles. The lowest BCUT2D eigenvalue weighted by Gasteiger charge is -2.21. The van der Waals surface area contributed by atoms with Crippen molar-refractivity contribution >= 4 is 10.0 Å². The third-order valence-corrected chi connectivity index (χ3v) is 6.14. The van der Waals surface area contributed by atoms with Gasteiger partial charge in [-0.2, -0.15) is 14.4 Å². The Bertz CT molecular complexity index is 980. The maximum absolute atomic E-state index is 12.9. The van der Waals surface area contributed by atoms with E-state index in [0.29, 0.717) is 30.4 Å². The molecule has 1 saturated heterocycles. The number of aromatic nitrogens is 4. The maximum Gasteiger partial charge on any atom is 0.245 e. The Kier molecular flexibility index (Phi) is 3.89. The Hall–Kier alpha value is -2.52. The van der Waals surface area contributed by atoms with E-state index in [4.69, 9.17) is 4.52 Å². The molecule has 0 unspecified atom stereocenters. The van der Waals surface area contributed by atoms with Crippen LogP contribution in [0.1, 0.15) is 30.5 Å². The molecule has 0 bridgehead atoms. The number of nitrogens with one attached hydrogen (secondary N) is 1. The van der Waals surface area contributed by atoms with Gasteiger partial charge in [0.05, 0.1) is 4.90 Å². The molecule has 0 aliphatic carbocycles. The summed E-state index contributed by atoms with van der Waals surface area (Å²) in [6, 6.07) is 9.75. The summed E-state index contributed by atoms with van der Waals surface area (Å²) in [5, 5.41) is 10.9. The first-order valence-corrected chi connectivity index (χ1v) is 9.42. The van der Waals surface area contributed by atoms with Gasteiger partial charge in [-0.05, 0) is 38.0 Å². The summed E-state index contributed by atoms with van der Waals surface area (Å²) in [7, 11) is -3.60. The van der Waals surface area contributed by atoms with Crippen LogP contribution in [0.4, 0.5) is 0 Å². The van der Waals surface area contributed by atoms with Gasteiger partial charge in [0.2, 0.25) is 21.7 Å². The molecule has 1 atom stereocenters. The second-order valence-electron chi connectivity index (χ2n) is 5.98. The molecule has 0 amide bonds. The molecule has 1 N–H and O–H groups in total. The van der Waals surface area contributed by atoms with Crippen molar-refractivity contribution in [1.29, 1.82) is 0 Å². The van der Waals surface area contributed by atoms with E-state index < -0.39 is 16.1 Å². The van der Waals surface area contributed by atoms with E-state index in [1.54, 1.807) is 30.3 Å². The van der Waals surface area contributed by atoms with Gasteiger partial charge < -0.3 is 4.52 Å². The lowest BCUT2D eigenvalue weighted by atomic mass is 10.2. The van der Waals surface area contributed by atoms with Gasteiger partial charge in [0.15, 0.2) is 0 Å². The highest BCUT2D eigenvalue weighted by Crippen LogP contribution is 2.36. The highest BCUT2D eigenvalue weighted by Gasteiger charge is 2.39. The lowest BCUT2D eigenvalue weighted by Crippen LogP contribution is -2.30. The molecule has 8 nitrogen and oxygen atoms in total. The molecular formula is C16H17N5O3S. The number of hydrogen-bond acceptors (Lipinski definition) is 6. The number of aryl methyl sites for hydroxylation is 1. The number of nitrogens with zero attached hydrogens (tertiary/aromatic N) is 4. The molecule has 1 aliphatic rings. The number of sulfonamides is 1. The number of hydrogen-bond donors (Lipinski definition) is 1. The van der Waals surface area contributed by atoms with E-state index in [9.17, 15) is 8.42 Å². The van der Waals surface area contributed by atoms with Gasteiger partial charge in [-0.25, -0.2) is 8.42 Å². The second kappa shape index (κ2) is 6.08. The standard InChI is InChI=1S/C16H17N5O3S/c1-11-10-13(19-18-11)15-17-16(24-20-15)14-8-5-9-21(14)25(22,23)12-6-3-2-4-7-12/h2-4,6-7,10,14H,5,8-9H2,1H3,(H,18,19)/t14-/m1/s1. The first-order valence-electron chi connectivity index (χ1n) is 7.98. The Morgan fingerprint density at radius 2 is 2.08 bits per heavy atom. The molecule has 2 aromatic heterocycles. The third kappa shape index (κ3) is 2.85. The minimum Gasteiger partial charge on any atom is -0.337 e. The average Bonchev–Trinajstić information content (AvgIpc) is 3.35. The average molecular weight is 359 g/mol. The first kappa shape index (κ1) is 16.0. The third-order valence-electron chi connectivity index (χ3n) is 4.22. The van der Waals surface area contributed by atoms with Crippen LogP contribution in [0.5, 0.6) is 0 Å². The predicted molar refractivity (Wildman–Crippen MR) is 88.9 cm³/mol. The number of benzene rings is 1. The van der Waals surface area contributed by atoms with Gasteiger partial charge in [0.1, 0.15) is 11.7 Å². The Balaban J connectivity index is 1.65. The summed E-state index contributed by atoms with van der Waals surface area (Å²) < 4.78 is 32.6. The Labute approximate surface area is 144 Å². The molecular weight excluding hydrogens is 342 g/mol. The van der Waals surface area contributed by atoms with Crippen LogP contribution in [0.25, 0.3) is 11.5 Å². The number of aromatic amines is 1. The SMILES string of the molecule is Cc1cc(-c2noc([C@H]3CCCN3S(=O)(=O)c3ccccc3)n2)n[nH]1. The van der Waals surface area contributed by atoms with E-state index in [-0.39, 0.29) is 4.90 Å². The lowest BCUT2D eigenvalue weighted by molar-refractivity contribution is 0.290. The van der Waals surface area contributed by atoms with Crippen LogP contribution < -0.4 is 0 Å². The van der Waals surface area contributed by atoms with E-state index in [0.717, 1.165) is 12.1 Å². The van der Waals surface area contributed by atoms with Gasteiger partial charge in [-0.15, -0.1) is 0 Å². The highest BCUT2D eigenvalue weighted by atomic mass is 32.2. The van der Waals surface area contributed by atoms with Crippen LogP contribution >= 0.6 is 0 Å². The topological polar surface area (TPSA) is 105 Å². The van der Waals surface area contributed by atoms with Gasteiger partial charge >= 0.3 is 0 Å². The molecule has 0 radical (unpaired) electrons. The molecule has 130 valence electrons. The van der Waals surface area contributed by atoms with Crippen molar-refractivity contribution < 1.29 is 12.9 Å². The smallest absolute Gasteiger partial charge is 0.245 e. The van der Waals surface area contributed by atoms with Crippen molar-refractivity contribution in [3.8, 4) is 11.5 Å². The van der Waals surface area contributed by atoms with Gasteiger partial charge in [-0.3, -0.25) is 5.10 Å². The Morgan fingerprint density at radius 3 is 2.80 bits per heavy atom. The van der Waals surface area contributed by atoms with E-state index in [2.05, 4.69) is 20.3 Å². The van der Waals surface area contributed by atoms with Gasteiger partial charge in [0.25, 0.3) is 0 Å². The quantitative estimate of drug-likeness (QED) is 0.766. The molecule has 0 saturated carbocycles. The minimum atomic E-state index is -3.60. The number of H-pyrrole nitrogens is 1. The Morgan fingerprint density at radius 1 is 1.28 bits per heavy atom. The van der Waals surface area contributed by atoms with Crippen molar-refractivity contribution in [3.05, 3.63) is 48.0 Å². The summed E-state index contributed by atoms with van der Waals surface area (Å²) in [5.41, 5.74) is 1.46. The summed E-state index contributed by atoms with van der Waals surface area (Å²) in [5.74, 6) is 0.649. The molecule has 4 rings (SSSR count). The molecule has 1 aromatic carbocycles. The summed E-state index contributed by atoms with van der Waals surface area (Å²) in [4.78, 5) is 4.63. The number of rotatable bonds is 4. The van der Waals surface area contributed by atoms with Crippen LogP contribution in [0, 0.1) is 6.92 Å². The van der Waals surface area contributed by atoms with Gasteiger partial charge in [0, 0.05) is 12.2 Å². The van der Waals surface area contributed by atoms with Crippen molar-refractivity contribution in [3.63, 3.8) is 0 Å². The van der Waals surface area contributed by atoms with Crippen LogP contribution in [0.2, 0.25) is 0 Å². The molecule has 1 aliphatic heterocycles. The van der Waals surface area contributed by atoms with E-state index >= 15 is 0 Å². The zero-order valence-corrected chi connectivity index (χ0v) is 14.4. The van der Waals surface area contributed by atoms with Crippen molar-refractivity contribution in [1.82, 2.24) is 24.6 Å².